The summed E-state index contributed by atoms with van der Waals surface area (Å²) in [6.07, 6.45) is 0.128. The molecule has 0 fully saturated rings. The number of nitrogens with zero attached hydrogens (tertiary/aromatic N) is 2. The molecule has 0 amide bonds. The van der Waals surface area contributed by atoms with Crippen LogP contribution in [-0.4, -0.2) is 58.2 Å². The van der Waals surface area contributed by atoms with Gasteiger partial charge in [0.25, 0.3) is 0 Å². The smallest absolute Gasteiger partial charge is 0.177 e. The molecule has 0 aromatic carbocycles. The fourth-order valence-corrected chi connectivity index (χ4v) is 2.52. The third-order valence-electron chi connectivity index (χ3n) is 3.79. The number of rotatable bonds is 9. The van der Waals surface area contributed by atoms with Crippen molar-refractivity contribution in [3.8, 4) is 0 Å². The van der Waals surface area contributed by atoms with Gasteiger partial charge in [0.2, 0.25) is 0 Å². The van der Waals surface area contributed by atoms with E-state index in [4.69, 9.17) is 4.74 Å². The summed E-state index contributed by atoms with van der Waals surface area (Å²) in [5.74, 6) is -0.334. The van der Waals surface area contributed by atoms with Crippen LogP contribution in [0.15, 0.2) is 11.8 Å². The van der Waals surface area contributed by atoms with E-state index in [1.165, 1.54) is 5.20 Å². The Kier molecular flexibility index (Phi) is 8.02. The molecule has 108 valence electrons. The van der Waals surface area contributed by atoms with E-state index < -0.39 is 0 Å². The van der Waals surface area contributed by atoms with Gasteiger partial charge in [-0.3, -0.25) is 9.80 Å². The van der Waals surface area contributed by atoms with Gasteiger partial charge in [-0.1, -0.05) is 32.9 Å². The van der Waals surface area contributed by atoms with Gasteiger partial charge in [-0.05, 0) is 40.0 Å². The average Bonchev–Trinajstić information content (AvgIpc) is 2.31. The quantitative estimate of drug-likeness (QED) is 0.469. The van der Waals surface area contributed by atoms with Crippen LogP contribution in [0.1, 0.15) is 41.5 Å². The highest BCUT2D eigenvalue weighted by molar-refractivity contribution is 6.21. The third-order valence-corrected chi connectivity index (χ3v) is 4.61. The minimum atomic E-state index is -0.334. The van der Waals surface area contributed by atoms with Gasteiger partial charge in [0.1, 0.15) is 0 Å². The Morgan fingerprint density at radius 2 is 1.44 bits per heavy atom. The predicted octanol–water partition coefficient (Wildman–Crippen LogP) is 1.63. The van der Waals surface area contributed by atoms with Crippen LogP contribution in [0.25, 0.3) is 0 Å². The topological polar surface area (TPSA) is 15.7 Å². The molecule has 0 heterocycles. The Hall–Kier alpha value is -0.163. The molecular formula is C14H32N2OSi. The highest BCUT2D eigenvalue weighted by Gasteiger charge is 2.37. The number of hydrogen-bond acceptors (Lipinski definition) is 3. The maximum atomic E-state index is 6.37. The van der Waals surface area contributed by atoms with E-state index in [0.29, 0.717) is 0 Å². The van der Waals surface area contributed by atoms with Crippen LogP contribution in [0.5, 0.6) is 0 Å². The monoisotopic (exact) mass is 272 g/mol. The molecule has 1 atom stereocenters. The van der Waals surface area contributed by atoms with E-state index in [0.717, 1.165) is 36.4 Å². The van der Waals surface area contributed by atoms with E-state index in [9.17, 15) is 0 Å². The van der Waals surface area contributed by atoms with Gasteiger partial charge in [0.15, 0.2) is 5.85 Å². The van der Waals surface area contributed by atoms with Crippen LogP contribution in [0.4, 0.5) is 0 Å². The van der Waals surface area contributed by atoms with E-state index in [-0.39, 0.29) is 12.0 Å². The normalized spacial score (nSPS) is 14.4. The van der Waals surface area contributed by atoms with Crippen molar-refractivity contribution >= 4 is 10.2 Å². The van der Waals surface area contributed by atoms with E-state index in [1.807, 2.05) is 0 Å². The standard InChI is InChI=1S/C14H32N2OSi/c1-8-15(9-2)14(7,16(10-3)11-4)17-12(5)13(6)18/h12H,6,8-11H2,1-5,7,18H3. The zero-order chi connectivity index (χ0) is 14.3. The predicted molar refractivity (Wildman–Crippen MR) is 83.9 cm³/mol. The summed E-state index contributed by atoms with van der Waals surface area (Å²) in [5, 5.41) is 1.21. The summed E-state index contributed by atoms with van der Waals surface area (Å²) in [7, 11) is 0.987. The van der Waals surface area contributed by atoms with Crippen LogP contribution in [0.3, 0.4) is 0 Å². The van der Waals surface area contributed by atoms with Crippen molar-refractivity contribution in [3.05, 3.63) is 11.8 Å². The molecule has 18 heavy (non-hydrogen) atoms. The highest BCUT2D eigenvalue weighted by Crippen LogP contribution is 2.24. The molecule has 0 aliphatic heterocycles. The van der Waals surface area contributed by atoms with Gasteiger partial charge in [0, 0.05) is 10.2 Å². The van der Waals surface area contributed by atoms with Crippen molar-refractivity contribution in [1.82, 2.24) is 9.80 Å². The molecule has 3 nitrogen and oxygen atoms in total. The molecule has 0 aromatic heterocycles. The second-order valence-corrected chi connectivity index (χ2v) is 6.17. The molecular weight excluding hydrogens is 240 g/mol. The van der Waals surface area contributed by atoms with Gasteiger partial charge in [-0.2, -0.15) is 0 Å². The van der Waals surface area contributed by atoms with Gasteiger partial charge >= 0.3 is 0 Å². The van der Waals surface area contributed by atoms with Crippen molar-refractivity contribution in [3.63, 3.8) is 0 Å². The molecule has 1 unspecified atom stereocenters. The summed E-state index contributed by atoms with van der Waals surface area (Å²) in [6, 6.07) is 0. The molecule has 0 aliphatic rings. The van der Waals surface area contributed by atoms with E-state index in [2.05, 4.69) is 57.9 Å². The van der Waals surface area contributed by atoms with E-state index >= 15 is 0 Å². The van der Waals surface area contributed by atoms with Crippen LogP contribution >= 0.6 is 0 Å². The fourth-order valence-electron chi connectivity index (χ4n) is 2.41. The molecule has 0 saturated carbocycles. The lowest BCUT2D eigenvalue weighted by Gasteiger charge is -2.48. The lowest BCUT2D eigenvalue weighted by Crippen LogP contribution is -2.61. The molecule has 0 aliphatic carbocycles. The van der Waals surface area contributed by atoms with Crippen molar-refractivity contribution in [1.29, 1.82) is 0 Å². The maximum Gasteiger partial charge on any atom is 0.177 e. The molecule has 0 bridgehead atoms. The van der Waals surface area contributed by atoms with Crippen LogP contribution in [-0.2, 0) is 4.74 Å². The second-order valence-electron chi connectivity index (χ2n) is 4.88. The lowest BCUT2D eigenvalue weighted by molar-refractivity contribution is -0.246. The molecule has 0 spiro atoms. The minimum Gasteiger partial charge on any atom is -0.340 e. The van der Waals surface area contributed by atoms with Crippen molar-refractivity contribution < 1.29 is 4.74 Å². The zero-order valence-electron chi connectivity index (χ0n) is 13.4. The summed E-state index contributed by atoms with van der Waals surface area (Å²) in [6.45, 7) is 21.1. The highest BCUT2D eigenvalue weighted by atomic mass is 28.1. The summed E-state index contributed by atoms with van der Waals surface area (Å²) >= 11 is 0. The SMILES string of the molecule is C=C([SiH3])C(C)OC(C)(N(CC)CC)N(CC)CC. The Balaban J connectivity index is 5.18. The first-order chi connectivity index (χ1) is 8.37. The molecule has 0 saturated heterocycles. The first kappa shape index (κ1) is 17.8. The average molecular weight is 273 g/mol. The van der Waals surface area contributed by atoms with Crippen LogP contribution in [0, 0.1) is 0 Å². The van der Waals surface area contributed by atoms with Gasteiger partial charge < -0.3 is 4.74 Å². The number of hydrogen-bond donors (Lipinski definition) is 0. The van der Waals surface area contributed by atoms with Crippen LogP contribution in [0.2, 0.25) is 0 Å². The van der Waals surface area contributed by atoms with E-state index in [1.54, 1.807) is 0 Å². The second kappa shape index (κ2) is 8.10. The Labute approximate surface area is 117 Å². The van der Waals surface area contributed by atoms with Crippen molar-refractivity contribution in [2.45, 2.75) is 53.5 Å². The Morgan fingerprint density at radius 1 is 1.11 bits per heavy atom. The van der Waals surface area contributed by atoms with Gasteiger partial charge in [-0.25, -0.2) is 0 Å². The molecule has 0 radical (unpaired) electrons. The number of ether oxygens (including phenoxy) is 1. The molecule has 4 heteroatoms. The maximum absolute atomic E-state index is 6.37. The van der Waals surface area contributed by atoms with Gasteiger partial charge in [0.05, 0.1) is 6.10 Å². The van der Waals surface area contributed by atoms with Crippen molar-refractivity contribution in [2.75, 3.05) is 26.2 Å². The first-order valence-corrected chi connectivity index (χ1v) is 8.20. The molecule has 0 rings (SSSR count). The summed E-state index contributed by atoms with van der Waals surface area (Å²) < 4.78 is 6.37. The minimum absolute atomic E-state index is 0.128. The fraction of sp³-hybridized carbons (Fsp3) is 0.857. The lowest BCUT2D eigenvalue weighted by atomic mass is 10.2. The van der Waals surface area contributed by atoms with Crippen LogP contribution < -0.4 is 0 Å². The Morgan fingerprint density at radius 3 is 1.67 bits per heavy atom. The van der Waals surface area contributed by atoms with Crippen molar-refractivity contribution in [2.24, 2.45) is 0 Å². The summed E-state index contributed by atoms with van der Waals surface area (Å²) in [4.78, 5) is 4.75. The third kappa shape index (κ3) is 4.19. The molecule has 0 N–H and O–H groups in total. The summed E-state index contributed by atoms with van der Waals surface area (Å²) in [5.41, 5.74) is 0. The zero-order valence-corrected chi connectivity index (χ0v) is 15.4. The largest absolute Gasteiger partial charge is 0.340 e. The molecule has 0 aromatic rings. The first-order valence-electron chi connectivity index (χ1n) is 7.20. The Bertz CT molecular complexity index is 238. The van der Waals surface area contributed by atoms with Gasteiger partial charge in [-0.15, -0.1) is 6.58 Å².